The Labute approximate surface area is 78.1 Å². The maximum absolute atomic E-state index is 5.67. The predicted molar refractivity (Wildman–Crippen MR) is 53.8 cm³/mol. The van der Waals surface area contributed by atoms with Crippen molar-refractivity contribution in [3.8, 4) is 0 Å². The van der Waals surface area contributed by atoms with Gasteiger partial charge in [0.15, 0.2) is 0 Å². The molecule has 1 aromatic rings. The van der Waals surface area contributed by atoms with E-state index in [1.54, 1.807) is 6.92 Å². The molecular formula is C10H12ClN. The SMILES string of the molecule is CC(Cl)=N[C@H](C)c1ccccc1. The van der Waals surface area contributed by atoms with E-state index in [1.807, 2.05) is 37.3 Å². The second kappa shape index (κ2) is 4.27. The number of benzene rings is 1. The third-order valence-corrected chi connectivity index (χ3v) is 1.75. The van der Waals surface area contributed by atoms with Gasteiger partial charge in [0.25, 0.3) is 0 Å². The van der Waals surface area contributed by atoms with E-state index in [0.29, 0.717) is 5.17 Å². The smallest absolute Gasteiger partial charge is 0.0979 e. The maximum Gasteiger partial charge on any atom is 0.0979 e. The largest absolute Gasteiger partial charge is 0.270 e. The number of hydrogen-bond acceptors (Lipinski definition) is 1. The Hall–Kier alpha value is -0.820. The molecule has 1 rings (SSSR count). The first-order valence-electron chi connectivity index (χ1n) is 3.95. The zero-order valence-corrected chi connectivity index (χ0v) is 8.05. The lowest BCUT2D eigenvalue weighted by Gasteiger charge is -2.05. The van der Waals surface area contributed by atoms with Gasteiger partial charge >= 0.3 is 0 Å². The first-order chi connectivity index (χ1) is 5.70. The first-order valence-corrected chi connectivity index (χ1v) is 4.33. The number of rotatable bonds is 2. The fraction of sp³-hybridized carbons (Fsp3) is 0.300. The molecule has 0 N–H and O–H groups in total. The molecule has 0 radical (unpaired) electrons. The van der Waals surface area contributed by atoms with Gasteiger partial charge in [-0.3, -0.25) is 4.99 Å². The fourth-order valence-electron chi connectivity index (χ4n) is 1.07. The second-order valence-electron chi connectivity index (χ2n) is 2.71. The molecule has 0 amide bonds. The van der Waals surface area contributed by atoms with Crippen LogP contribution in [0.3, 0.4) is 0 Å². The van der Waals surface area contributed by atoms with Crippen molar-refractivity contribution in [2.45, 2.75) is 19.9 Å². The van der Waals surface area contributed by atoms with Gasteiger partial charge in [0.05, 0.1) is 11.2 Å². The molecule has 0 aliphatic carbocycles. The molecule has 1 atom stereocenters. The summed E-state index contributed by atoms with van der Waals surface area (Å²) in [6, 6.07) is 10.3. The number of aliphatic imine (C=N–C) groups is 1. The Kier molecular flexibility index (Phi) is 3.30. The van der Waals surface area contributed by atoms with Gasteiger partial charge in [0.1, 0.15) is 0 Å². The van der Waals surface area contributed by atoms with E-state index in [0.717, 1.165) is 0 Å². The zero-order valence-electron chi connectivity index (χ0n) is 7.29. The van der Waals surface area contributed by atoms with Crippen molar-refractivity contribution in [2.24, 2.45) is 4.99 Å². The van der Waals surface area contributed by atoms with Crippen LogP contribution in [-0.2, 0) is 0 Å². The Morgan fingerprint density at radius 2 is 1.92 bits per heavy atom. The van der Waals surface area contributed by atoms with Crippen molar-refractivity contribution >= 4 is 16.8 Å². The van der Waals surface area contributed by atoms with Gasteiger partial charge in [-0.25, -0.2) is 0 Å². The molecule has 0 fully saturated rings. The Morgan fingerprint density at radius 3 is 2.42 bits per heavy atom. The van der Waals surface area contributed by atoms with Crippen molar-refractivity contribution in [1.29, 1.82) is 0 Å². The summed E-state index contributed by atoms with van der Waals surface area (Å²) in [6.45, 7) is 3.82. The molecule has 12 heavy (non-hydrogen) atoms. The van der Waals surface area contributed by atoms with E-state index in [2.05, 4.69) is 4.99 Å². The summed E-state index contributed by atoms with van der Waals surface area (Å²) in [7, 11) is 0. The van der Waals surface area contributed by atoms with Gasteiger partial charge in [-0.1, -0.05) is 41.9 Å². The fourth-order valence-corrected chi connectivity index (χ4v) is 1.22. The van der Waals surface area contributed by atoms with Crippen LogP contribution in [0, 0.1) is 0 Å². The normalized spacial score (nSPS) is 14.4. The minimum absolute atomic E-state index is 0.156. The highest BCUT2D eigenvalue weighted by Crippen LogP contribution is 2.16. The van der Waals surface area contributed by atoms with Crippen LogP contribution in [0.15, 0.2) is 35.3 Å². The molecule has 64 valence electrons. The van der Waals surface area contributed by atoms with Crippen LogP contribution in [0.5, 0.6) is 0 Å². The van der Waals surface area contributed by atoms with Crippen molar-refractivity contribution in [3.05, 3.63) is 35.9 Å². The summed E-state index contributed by atoms with van der Waals surface area (Å²) < 4.78 is 0. The third kappa shape index (κ3) is 2.67. The highest BCUT2D eigenvalue weighted by molar-refractivity contribution is 6.64. The summed E-state index contributed by atoms with van der Waals surface area (Å²) in [5.74, 6) is 0. The second-order valence-corrected chi connectivity index (χ2v) is 3.26. The van der Waals surface area contributed by atoms with E-state index in [-0.39, 0.29) is 6.04 Å². The van der Waals surface area contributed by atoms with Crippen LogP contribution in [0.25, 0.3) is 0 Å². The van der Waals surface area contributed by atoms with Crippen molar-refractivity contribution in [1.82, 2.24) is 0 Å². The van der Waals surface area contributed by atoms with E-state index >= 15 is 0 Å². The Balaban J connectivity index is 2.79. The highest BCUT2D eigenvalue weighted by atomic mass is 35.5. The molecule has 0 aromatic heterocycles. The highest BCUT2D eigenvalue weighted by Gasteiger charge is 2.00. The molecule has 0 bridgehead atoms. The van der Waals surface area contributed by atoms with Crippen LogP contribution < -0.4 is 0 Å². The monoisotopic (exact) mass is 181 g/mol. The van der Waals surface area contributed by atoms with Gasteiger partial charge in [0.2, 0.25) is 0 Å². The number of hydrogen-bond donors (Lipinski definition) is 0. The summed E-state index contributed by atoms with van der Waals surface area (Å²) in [5.41, 5.74) is 1.19. The average molecular weight is 182 g/mol. The minimum atomic E-state index is 0.156. The van der Waals surface area contributed by atoms with Gasteiger partial charge in [-0.05, 0) is 19.4 Å². The molecule has 1 aromatic carbocycles. The lowest BCUT2D eigenvalue weighted by atomic mass is 10.1. The summed E-state index contributed by atoms with van der Waals surface area (Å²) in [4.78, 5) is 4.23. The van der Waals surface area contributed by atoms with Crippen molar-refractivity contribution < 1.29 is 0 Å². The van der Waals surface area contributed by atoms with E-state index in [1.165, 1.54) is 5.56 Å². The molecule has 0 saturated heterocycles. The zero-order chi connectivity index (χ0) is 8.97. The summed E-state index contributed by atoms with van der Waals surface area (Å²) >= 11 is 5.67. The average Bonchev–Trinajstić information content (AvgIpc) is 2.05. The minimum Gasteiger partial charge on any atom is -0.270 e. The Bertz CT molecular complexity index is 262. The molecule has 0 heterocycles. The topological polar surface area (TPSA) is 12.4 Å². The van der Waals surface area contributed by atoms with Crippen LogP contribution >= 0.6 is 11.6 Å². The van der Waals surface area contributed by atoms with Crippen LogP contribution in [0.1, 0.15) is 25.5 Å². The quantitative estimate of drug-likeness (QED) is 0.621. The van der Waals surface area contributed by atoms with E-state index < -0.39 is 0 Å². The number of nitrogens with zero attached hydrogens (tertiary/aromatic N) is 1. The molecule has 2 heteroatoms. The van der Waals surface area contributed by atoms with Gasteiger partial charge in [0, 0.05) is 0 Å². The van der Waals surface area contributed by atoms with Crippen LogP contribution in [0.4, 0.5) is 0 Å². The maximum atomic E-state index is 5.67. The molecule has 0 spiro atoms. The van der Waals surface area contributed by atoms with Gasteiger partial charge in [-0.15, -0.1) is 0 Å². The first kappa shape index (κ1) is 9.27. The number of halogens is 1. The van der Waals surface area contributed by atoms with Gasteiger partial charge in [-0.2, -0.15) is 0 Å². The van der Waals surface area contributed by atoms with Gasteiger partial charge < -0.3 is 0 Å². The predicted octanol–water partition coefficient (Wildman–Crippen LogP) is 3.40. The van der Waals surface area contributed by atoms with Crippen molar-refractivity contribution in [2.75, 3.05) is 0 Å². The van der Waals surface area contributed by atoms with E-state index in [4.69, 9.17) is 11.6 Å². The lowest BCUT2D eigenvalue weighted by molar-refractivity contribution is 0.822. The van der Waals surface area contributed by atoms with Crippen LogP contribution in [-0.4, -0.2) is 5.17 Å². The summed E-state index contributed by atoms with van der Waals surface area (Å²) in [5, 5.41) is 0.603. The molecule has 0 aliphatic rings. The Morgan fingerprint density at radius 1 is 1.33 bits per heavy atom. The molecule has 0 aliphatic heterocycles. The van der Waals surface area contributed by atoms with Crippen LogP contribution in [0.2, 0.25) is 0 Å². The molecule has 1 nitrogen and oxygen atoms in total. The molecule has 0 unspecified atom stereocenters. The lowest BCUT2D eigenvalue weighted by Crippen LogP contribution is -1.90. The molecule has 0 saturated carbocycles. The third-order valence-electron chi connectivity index (χ3n) is 1.65. The standard InChI is InChI=1S/C10H12ClN/c1-8(12-9(2)11)10-6-4-3-5-7-10/h3-8H,1-2H3/t8-/m1/s1. The van der Waals surface area contributed by atoms with Crippen molar-refractivity contribution in [3.63, 3.8) is 0 Å². The van der Waals surface area contributed by atoms with E-state index in [9.17, 15) is 0 Å². The summed E-state index contributed by atoms with van der Waals surface area (Å²) in [6.07, 6.45) is 0. The molecular weight excluding hydrogens is 170 g/mol.